The van der Waals surface area contributed by atoms with Crippen molar-refractivity contribution in [1.29, 1.82) is 0 Å². The number of nitrogens with one attached hydrogen (secondary N) is 1. The third-order valence-corrected chi connectivity index (χ3v) is 2.92. The topological polar surface area (TPSA) is 122 Å². The van der Waals surface area contributed by atoms with Crippen LogP contribution in [0.1, 0.15) is 16.8 Å². The summed E-state index contributed by atoms with van der Waals surface area (Å²) in [5.41, 5.74) is 6.02. The number of amides is 2. The van der Waals surface area contributed by atoms with Crippen LogP contribution in [0.15, 0.2) is 36.5 Å². The Bertz CT molecular complexity index is 709. The Morgan fingerprint density at radius 3 is 2.62 bits per heavy atom. The smallest absolute Gasteiger partial charge is 0.305 e. The molecule has 0 saturated heterocycles. The Morgan fingerprint density at radius 2 is 1.95 bits per heavy atom. The predicted molar refractivity (Wildman–Crippen MR) is 74.4 cm³/mol. The van der Waals surface area contributed by atoms with Crippen LogP contribution >= 0.6 is 0 Å². The molecule has 0 aliphatic rings. The van der Waals surface area contributed by atoms with Gasteiger partial charge in [-0.2, -0.15) is 0 Å². The molecular weight excluding hydrogens is 274 g/mol. The average molecular weight is 287 g/mol. The Hall–Kier alpha value is -2.96. The zero-order valence-electron chi connectivity index (χ0n) is 10.9. The summed E-state index contributed by atoms with van der Waals surface area (Å²) in [6.07, 6.45) is 0.901. The highest BCUT2D eigenvalue weighted by Gasteiger charge is 2.22. The fourth-order valence-corrected chi connectivity index (χ4v) is 1.93. The Kier molecular flexibility index (Phi) is 4.13. The number of carbonyl (C=O) groups is 3. The molecule has 1 heterocycles. The Morgan fingerprint density at radius 1 is 1.24 bits per heavy atom. The summed E-state index contributed by atoms with van der Waals surface area (Å²) in [6.45, 7) is 0. The summed E-state index contributed by atoms with van der Waals surface area (Å²) in [5, 5.41) is 11.7. The molecule has 21 heavy (non-hydrogen) atoms. The summed E-state index contributed by atoms with van der Waals surface area (Å²) in [6, 6.07) is 7.23. The van der Waals surface area contributed by atoms with Crippen LogP contribution in [0.4, 0.5) is 0 Å². The van der Waals surface area contributed by atoms with Crippen molar-refractivity contribution in [3.63, 3.8) is 0 Å². The van der Waals surface area contributed by atoms with E-state index < -0.39 is 30.2 Å². The minimum absolute atomic E-state index is 0.303. The number of carboxylic acids is 1. The maximum absolute atomic E-state index is 12.2. The van der Waals surface area contributed by atoms with E-state index in [-0.39, 0.29) is 0 Å². The molecule has 2 rings (SSSR count). The van der Waals surface area contributed by atoms with Crippen LogP contribution < -0.4 is 11.1 Å². The van der Waals surface area contributed by atoms with E-state index in [1.807, 2.05) is 0 Å². The van der Waals surface area contributed by atoms with Gasteiger partial charge in [-0.1, -0.05) is 18.2 Å². The summed E-state index contributed by atoms with van der Waals surface area (Å²) < 4.78 is 0. The number of benzene rings is 1. The number of nitrogens with two attached hydrogens (primary N) is 1. The first-order chi connectivity index (χ1) is 9.99. The van der Waals surface area contributed by atoms with Crippen LogP contribution in [-0.2, 0) is 9.59 Å². The number of pyridine rings is 1. The lowest BCUT2D eigenvalue weighted by atomic mass is 10.1. The van der Waals surface area contributed by atoms with Gasteiger partial charge in [-0.3, -0.25) is 19.4 Å². The number of para-hydroxylation sites is 1. The zero-order valence-corrected chi connectivity index (χ0v) is 10.9. The number of carbonyl (C=O) groups excluding carboxylic acids is 2. The van der Waals surface area contributed by atoms with Crippen molar-refractivity contribution in [2.24, 2.45) is 5.73 Å². The van der Waals surface area contributed by atoms with Gasteiger partial charge in [0.2, 0.25) is 5.91 Å². The van der Waals surface area contributed by atoms with Gasteiger partial charge >= 0.3 is 5.97 Å². The molecule has 1 aromatic carbocycles. The van der Waals surface area contributed by atoms with Crippen molar-refractivity contribution in [2.75, 3.05) is 0 Å². The molecule has 4 N–H and O–H groups in total. The van der Waals surface area contributed by atoms with E-state index in [4.69, 9.17) is 10.8 Å². The molecule has 7 nitrogen and oxygen atoms in total. The third-order valence-electron chi connectivity index (χ3n) is 2.92. The standard InChI is InChI=1S/C14H13N3O4/c15-13(20)11(7-12(18)19)17-14(21)9-5-6-16-10-4-2-1-3-8(9)10/h1-6,11H,7H2,(H2,15,20)(H,17,21)(H,18,19)/t11-/m0/s1. The number of carboxylic acid groups (broad SMARTS) is 1. The normalized spacial score (nSPS) is 11.8. The number of fused-ring (bicyclic) bond motifs is 1. The molecule has 0 aliphatic heterocycles. The molecule has 2 aromatic rings. The minimum Gasteiger partial charge on any atom is -0.481 e. The van der Waals surface area contributed by atoms with Gasteiger partial charge in [0, 0.05) is 11.6 Å². The summed E-state index contributed by atoms with van der Waals surface area (Å²) in [7, 11) is 0. The zero-order chi connectivity index (χ0) is 15.4. The largest absolute Gasteiger partial charge is 0.481 e. The van der Waals surface area contributed by atoms with Crippen molar-refractivity contribution in [3.8, 4) is 0 Å². The van der Waals surface area contributed by atoms with E-state index in [9.17, 15) is 14.4 Å². The molecular formula is C14H13N3O4. The number of hydrogen-bond donors (Lipinski definition) is 3. The highest BCUT2D eigenvalue weighted by atomic mass is 16.4. The molecule has 0 bridgehead atoms. The molecule has 0 radical (unpaired) electrons. The minimum atomic E-state index is -1.26. The number of nitrogens with zero attached hydrogens (tertiary/aromatic N) is 1. The number of primary amides is 1. The van der Waals surface area contributed by atoms with Crippen molar-refractivity contribution in [2.45, 2.75) is 12.5 Å². The van der Waals surface area contributed by atoms with Gasteiger partial charge in [0.05, 0.1) is 17.5 Å². The van der Waals surface area contributed by atoms with Crippen LogP contribution in [0.5, 0.6) is 0 Å². The maximum Gasteiger partial charge on any atom is 0.305 e. The van der Waals surface area contributed by atoms with Gasteiger partial charge in [0.1, 0.15) is 6.04 Å². The van der Waals surface area contributed by atoms with E-state index >= 15 is 0 Å². The van der Waals surface area contributed by atoms with Gasteiger partial charge in [-0.05, 0) is 12.1 Å². The highest BCUT2D eigenvalue weighted by molar-refractivity contribution is 6.07. The molecule has 0 saturated carbocycles. The SMILES string of the molecule is NC(=O)[C@H](CC(=O)O)NC(=O)c1ccnc2ccccc12. The molecule has 0 fully saturated rings. The Balaban J connectivity index is 2.29. The second-order valence-corrected chi connectivity index (χ2v) is 4.40. The Labute approximate surface area is 119 Å². The molecule has 7 heteroatoms. The van der Waals surface area contributed by atoms with Crippen molar-refractivity contribution in [3.05, 3.63) is 42.1 Å². The lowest BCUT2D eigenvalue weighted by Gasteiger charge is -2.14. The first-order valence-corrected chi connectivity index (χ1v) is 6.14. The fraction of sp³-hybridized carbons (Fsp3) is 0.143. The van der Waals surface area contributed by atoms with Crippen LogP contribution in [-0.4, -0.2) is 33.9 Å². The van der Waals surface area contributed by atoms with Crippen molar-refractivity contribution in [1.82, 2.24) is 10.3 Å². The van der Waals surface area contributed by atoms with Gasteiger partial charge in [0.25, 0.3) is 5.91 Å². The van der Waals surface area contributed by atoms with Gasteiger partial charge in [0.15, 0.2) is 0 Å². The summed E-state index contributed by atoms with van der Waals surface area (Å²) in [5.74, 6) is -2.69. The average Bonchev–Trinajstić information content (AvgIpc) is 2.45. The lowest BCUT2D eigenvalue weighted by molar-refractivity contribution is -0.139. The molecule has 0 unspecified atom stereocenters. The van der Waals surface area contributed by atoms with E-state index in [1.165, 1.54) is 12.3 Å². The summed E-state index contributed by atoms with van der Waals surface area (Å²) >= 11 is 0. The third kappa shape index (κ3) is 3.33. The number of aliphatic carboxylic acids is 1. The second-order valence-electron chi connectivity index (χ2n) is 4.40. The van der Waals surface area contributed by atoms with E-state index in [1.54, 1.807) is 24.3 Å². The van der Waals surface area contributed by atoms with E-state index in [0.29, 0.717) is 16.5 Å². The fourth-order valence-electron chi connectivity index (χ4n) is 1.93. The summed E-state index contributed by atoms with van der Waals surface area (Å²) in [4.78, 5) is 38.2. The molecule has 108 valence electrons. The predicted octanol–water partition coefficient (Wildman–Crippen LogP) is 0.293. The van der Waals surface area contributed by atoms with Crippen molar-refractivity contribution < 1.29 is 19.5 Å². The monoisotopic (exact) mass is 287 g/mol. The van der Waals surface area contributed by atoms with Gasteiger partial charge in [-0.25, -0.2) is 0 Å². The first kappa shape index (κ1) is 14.4. The van der Waals surface area contributed by atoms with Crippen LogP contribution in [0.2, 0.25) is 0 Å². The van der Waals surface area contributed by atoms with Gasteiger partial charge in [-0.15, -0.1) is 0 Å². The molecule has 0 spiro atoms. The van der Waals surface area contributed by atoms with Crippen LogP contribution in [0.3, 0.4) is 0 Å². The van der Waals surface area contributed by atoms with E-state index in [2.05, 4.69) is 10.3 Å². The van der Waals surface area contributed by atoms with Crippen LogP contribution in [0, 0.1) is 0 Å². The molecule has 1 aromatic heterocycles. The maximum atomic E-state index is 12.2. The van der Waals surface area contributed by atoms with Crippen molar-refractivity contribution >= 4 is 28.7 Å². The van der Waals surface area contributed by atoms with Gasteiger partial charge < -0.3 is 16.2 Å². The molecule has 2 amide bonds. The molecule has 0 aliphatic carbocycles. The first-order valence-electron chi connectivity index (χ1n) is 6.14. The number of hydrogen-bond acceptors (Lipinski definition) is 4. The van der Waals surface area contributed by atoms with E-state index in [0.717, 1.165) is 0 Å². The quantitative estimate of drug-likeness (QED) is 0.729. The van der Waals surface area contributed by atoms with Crippen LogP contribution in [0.25, 0.3) is 10.9 Å². The number of aromatic nitrogens is 1. The number of rotatable bonds is 5. The lowest BCUT2D eigenvalue weighted by Crippen LogP contribution is -2.45. The molecule has 1 atom stereocenters. The highest BCUT2D eigenvalue weighted by Crippen LogP contribution is 2.16. The second kappa shape index (κ2) is 6.00.